The maximum Gasteiger partial charge on any atom is 0.304 e. The van der Waals surface area contributed by atoms with Crippen molar-refractivity contribution in [1.82, 2.24) is 10.6 Å². The van der Waals surface area contributed by atoms with Gasteiger partial charge in [0.25, 0.3) is 0 Å². The Morgan fingerprint density at radius 1 is 0.756 bits per heavy atom. The van der Waals surface area contributed by atoms with Crippen LogP contribution in [0, 0.1) is 17.8 Å². The highest BCUT2D eigenvalue weighted by Crippen LogP contribution is 2.22. The van der Waals surface area contributed by atoms with Crippen LogP contribution in [-0.4, -0.2) is 51.6 Å². The summed E-state index contributed by atoms with van der Waals surface area (Å²) >= 11 is 0. The van der Waals surface area contributed by atoms with Crippen molar-refractivity contribution in [1.29, 1.82) is 0 Å². The lowest BCUT2D eigenvalue weighted by Crippen LogP contribution is -2.44. The molecule has 0 aliphatic heterocycles. The van der Waals surface area contributed by atoms with Gasteiger partial charge >= 0.3 is 5.97 Å². The molecule has 45 heavy (non-hydrogen) atoms. The van der Waals surface area contributed by atoms with Gasteiger partial charge in [0.15, 0.2) is 5.78 Å². The number of phenols is 1. The molecular weight excluding hydrogens is 572 g/mol. The van der Waals surface area contributed by atoms with Gasteiger partial charge in [-0.25, -0.2) is 0 Å². The van der Waals surface area contributed by atoms with Crippen molar-refractivity contribution >= 4 is 29.4 Å². The Labute approximate surface area is 267 Å². The predicted molar refractivity (Wildman–Crippen MR) is 174 cm³/mol. The molecule has 246 valence electrons. The third-order valence-corrected chi connectivity index (χ3v) is 8.19. The molecule has 2 rings (SSSR count). The van der Waals surface area contributed by atoms with Crippen LogP contribution in [0.4, 0.5) is 0 Å². The third kappa shape index (κ3) is 14.5. The van der Waals surface area contributed by atoms with Crippen LogP contribution in [-0.2, 0) is 36.8 Å². The van der Waals surface area contributed by atoms with Crippen LogP contribution < -0.4 is 10.6 Å². The molecule has 0 bridgehead atoms. The van der Waals surface area contributed by atoms with E-state index in [-0.39, 0.29) is 53.9 Å². The first-order chi connectivity index (χ1) is 21.3. The molecule has 0 radical (unpaired) electrons. The van der Waals surface area contributed by atoms with Crippen LogP contribution >= 0.6 is 0 Å². The number of rotatable bonds is 21. The molecule has 2 aromatic carbocycles. The SMILES string of the molecule is CC(=O)N[C@H](CC[C@H](C(=O)N[C@@H](C)C(=O)C[C@@H](CC(=O)O)C(=O)CCCCCc1ccccc1)C(C)C)Cc1ccc(O)cc1. The fourth-order valence-electron chi connectivity index (χ4n) is 5.56. The number of ketones is 2. The van der Waals surface area contributed by atoms with E-state index in [2.05, 4.69) is 22.8 Å². The first-order valence-electron chi connectivity index (χ1n) is 16.0. The molecule has 0 aliphatic carbocycles. The number of Topliss-reactive ketones (excluding diaryl/α,β-unsaturated/α-hetero) is 2. The summed E-state index contributed by atoms with van der Waals surface area (Å²) in [4.78, 5) is 62.6. The van der Waals surface area contributed by atoms with Crippen LogP contribution in [0.1, 0.15) is 90.2 Å². The van der Waals surface area contributed by atoms with E-state index in [0.717, 1.165) is 24.8 Å². The maximum absolute atomic E-state index is 13.3. The van der Waals surface area contributed by atoms with Gasteiger partial charge in [-0.05, 0) is 74.6 Å². The number of unbranched alkanes of at least 4 members (excludes halogenated alkanes) is 2. The average Bonchev–Trinajstić information content (AvgIpc) is 2.97. The number of nitrogens with one attached hydrogen (secondary N) is 2. The van der Waals surface area contributed by atoms with Crippen molar-refractivity contribution in [2.45, 2.75) is 104 Å². The van der Waals surface area contributed by atoms with E-state index in [1.54, 1.807) is 31.2 Å². The van der Waals surface area contributed by atoms with Gasteiger partial charge < -0.3 is 20.8 Å². The van der Waals surface area contributed by atoms with E-state index in [9.17, 15) is 34.2 Å². The molecule has 9 nitrogen and oxygen atoms in total. The number of benzene rings is 2. The fourth-order valence-corrected chi connectivity index (χ4v) is 5.56. The molecule has 2 aromatic rings. The Morgan fingerprint density at radius 2 is 1.42 bits per heavy atom. The van der Waals surface area contributed by atoms with Crippen molar-refractivity contribution < 1.29 is 34.2 Å². The molecule has 0 saturated carbocycles. The van der Waals surface area contributed by atoms with Crippen LogP contribution in [0.15, 0.2) is 54.6 Å². The zero-order chi connectivity index (χ0) is 33.4. The molecular formula is C36H50N2O7. The lowest BCUT2D eigenvalue weighted by atomic mass is 9.86. The highest BCUT2D eigenvalue weighted by atomic mass is 16.4. The van der Waals surface area contributed by atoms with Crippen molar-refractivity contribution in [3.8, 4) is 5.75 Å². The van der Waals surface area contributed by atoms with Crippen LogP contribution in [0.25, 0.3) is 0 Å². The van der Waals surface area contributed by atoms with Crippen LogP contribution in [0.5, 0.6) is 5.75 Å². The second-order valence-electron chi connectivity index (χ2n) is 12.4. The number of phenolic OH excluding ortho intramolecular Hbond substituents is 1. The van der Waals surface area contributed by atoms with Crippen molar-refractivity contribution in [3.05, 3.63) is 65.7 Å². The molecule has 9 heteroatoms. The quantitative estimate of drug-likeness (QED) is 0.136. The summed E-state index contributed by atoms with van der Waals surface area (Å²) in [6.07, 6.45) is 4.38. The summed E-state index contributed by atoms with van der Waals surface area (Å²) in [6, 6.07) is 15.7. The minimum absolute atomic E-state index is 0.0396. The highest BCUT2D eigenvalue weighted by Gasteiger charge is 2.30. The van der Waals surface area contributed by atoms with E-state index >= 15 is 0 Å². The van der Waals surface area contributed by atoms with E-state index in [1.807, 2.05) is 32.0 Å². The minimum Gasteiger partial charge on any atom is -0.508 e. The van der Waals surface area contributed by atoms with Crippen molar-refractivity contribution in [2.24, 2.45) is 17.8 Å². The minimum atomic E-state index is -1.14. The Balaban J connectivity index is 1.91. The van der Waals surface area contributed by atoms with Gasteiger partial charge in [0, 0.05) is 37.6 Å². The van der Waals surface area contributed by atoms with Gasteiger partial charge in [-0.3, -0.25) is 24.0 Å². The topological polar surface area (TPSA) is 150 Å². The number of amides is 2. The van der Waals surface area contributed by atoms with Gasteiger partial charge in [-0.1, -0.05) is 62.7 Å². The molecule has 0 heterocycles. The second kappa shape index (κ2) is 19.4. The molecule has 4 atom stereocenters. The normalized spacial score (nSPS) is 13.8. The number of aromatic hydroxyl groups is 1. The zero-order valence-corrected chi connectivity index (χ0v) is 27.1. The Hall–Kier alpha value is -4.01. The summed E-state index contributed by atoms with van der Waals surface area (Å²) in [5.74, 6) is -3.46. The Morgan fingerprint density at radius 3 is 2.02 bits per heavy atom. The van der Waals surface area contributed by atoms with E-state index < -0.39 is 30.3 Å². The number of carbonyl (C=O) groups is 5. The lowest BCUT2D eigenvalue weighted by Gasteiger charge is -2.26. The van der Waals surface area contributed by atoms with Gasteiger partial charge in [0.05, 0.1) is 12.5 Å². The summed E-state index contributed by atoms with van der Waals surface area (Å²) in [7, 11) is 0. The molecule has 0 unspecified atom stereocenters. The maximum atomic E-state index is 13.3. The van der Waals surface area contributed by atoms with E-state index in [1.165, 1.54) is 12.5 Å². The number of carboxylic acids is 1. The molecule has 4 N–H and O–H groups in total. The number of hydrogen-bond acceptors (Lipinski definition) is 6. The van der Waals surface area contributed by atoms with E-state index in [4.69, 9.17) is 0 Å². The van der Waals surface area contributed by atoms with Gasteiger partial charge in [-0.2, -0.15) is 0 Å². The molecule has 0 aromatic heterocycles. The summed E-state index contributed by atoms with van der Waals surface area (Å²) < 4.78 is 0. The van der Waals surface area contributed by atoms with Gasteiger partial charge in [0.1, 0.15) is 11.5 Å². The Kier molecular flexibility index (Phi) is 16.0. The number of aliphatic carboxylic acids is 1. The number of carboxylic acid groups (broad SMARTS) is 1. The standard InChI is InChI=1S/C36H50N2O7/c1-24(2)32(20-17-30(38-26(4)39)21-28-15-18-31(40)19-16-28)36(45)37-25(3)34(42)22-29(23-35(43)44)33(41)14-10-6-9-13-27-11-7-5-8-12-27/h5,7-8,11-12,15-16,18-19,24-25,29-30,32,40H,6,9-10,13-14,17,20-23H2,1-4H3,(H,37,45)(H,38,39)(H,43,44)/t25-,29-,30+,32-/m0/s1. The first kappa shape index (κ1) is 37.2. The van der Waals surface area contributed by atoms with E-state index in [0.29, 0.717) is 25.7 Å². The summed E-state index contributed by atoms with van der Waals surface area (Å²) in [5.41, 5.74) is 2.17. The largest absolute Gasteiger partial charge is 0.508 e. The van der Waals surface area contributed by atoms with Crippen molar-refractivity contribution in [3.63, 3.8) is 0 Å². The summed E-state index contributed by atoms with van der Waals surface area (Å²) in [5, 5.41) is 24.7. The fraction of sp³-hybridized carbons (Fsp3) is 0.528. The van der Waals surface area contributed by atoms with Crippen LogP contribution in [0.2, 0.25) is 0 Å². The smallest absolute Gasteiger partial charge is 0.304 e. The molecule has 2 amide bonds. The lowest BCUT2D eigenvalue weighted by molar-refractivity contribution is -0.141. The monoisotopic (exact) mass is 622 g/mol. The first-order valence-corrected chi connectivity index (χ1v) is 16.0. The number of aryl methyl sites for hydroxylation is 1. The molecule has 0 fully saturated rings. The molecule has 0 spiro atoms. The highest BCUT2D eigenvalue weighted by molar-refractivity contribution is 5.94. The predicted octanol–water partition coefficient (Wildman–Crippen LogP) is 5.42. The summed E-state index contributed by atoms with van der Waals surface area (Å²) in [6.45, 7) is 6.85. The second-order valence-corrected chi connectivity index (χ2v) is 12.4. The van der Waals surface area contributed by atoms with Crippen LogP contribution in [0.3, 0.4) is 0 Å². The third-order valence-electron chi connectivity index (χ3n) is 8.19. The average molecular weight is 623 g/mol. The zero-order valence-electron chi connectivity index (χ0n) is 27.1. The van der Waals surface area contributed by atoms with Crippen molar-refractivity contribution in [2.75, 3.05) is 0 Å². The van der Waals surface area contributed by atoms with Gasteiger partial charge in [0.2, 0.25) is 11.8 Å². The Bertz CT molecular complexity index is 1240. The van der Waals surface area contributed by atoms with Gasteiger partial charge in [-0.15, -0.1) is 0 Å². The molecule has 0 saturated heterocycles. The molecule has 0 aliphatic rings. The number of carbonyl (C=O) groups excluding carboxylic acids is 4. The number of hydrogen-bond donors (Lipinski definition) is 4.